The fourth-order valence-corrected chi connectivity index (χ4v) is 1.94. The van der Waals surface area contributed by atoms with Gasteiger partial charge in [-0.2, -0.15) is 0 Å². The molecule has 19 heavy (non-hydrogen) atoms. The molecule has 0 bridgehead atoms. The molecule has 3 N–H and O–H groups in total. The minimum absolute atomic E-state index is 0.0268. The van der Waals surface area contributed by atoms with Crippen molar-refractivity contribution in [3.8, 4) is 0 Å². The Morgan fingerprint density at radius 1 is 1.53 bits per heavy atom. The van der Waals surface area contributed by atoms with Gasteiger partial charge in [0.25, 0.3) is 5.91 Å². The number of hydrogen-bond donors (Lipinski definition) is 2. The second kappa shape index (κ2) is 6.47. The highest BCUT2D eigenvalue weighted by atomic mass is 19.1. The number of amides is 1. The molecule has 1 heterocycles. The van der Waals surface area contributed by atoms with Crippen LogP contribution in [0.15, 0.2) is 12.3 Å². The third kappa shape index (κ3) is 3.64. The predicted octanol–water partition coefficient (Wildman–Crippen LogP) is 2.01. The second-order valence-electron chi connectivity index (χ2n) is 5.06. The molecule has 0 radical (unpaired) electrons. The molecule has 1 amide bonds. The van der Waals surface area contributed by atoms with Crippen LogP contribution < -0.4 is 11.3 Å². The van der Waals surface area contributed by atoms with Gasteiger partial charge in [-0.3, -0.25) is 4.79 Å². The number of rotatable bonds is 5. The van der Waals surface area contributed by atoms with E-state index in [0.29, 0.717) is 5.92 Å². The molecule has 0 aliphatic rings. The van der Waals surface area contributed by atoms with E-state index in [1.807, 2.05) is 6.92 Å². The van der Waals surface area contributed by atoms with E-state index in [0.717, 1.165) is 6.42 Å². The highest BCUT2D eigenvalue weighted by Gasteiger charge is 2.22. The number of nitrogen functional groups attached to an aromatic ring is 1. The quantitative estimate of drug-likeness (QED) is 0.633. The molecule has 0 saturated carbocycles. The Morgan fingerprint density at radius 2 is 2.16 bits per heavy atom. The van der Waals surface area contributed by atoms with Crippen LogP contribution in [-0.2, 0) is 0 Å². The third-order valence-electron chi connectivity index (χ3n) is 3.05. The number of halogens is 1. The van der Waals surface area contributed by atoms with Crippen LogP contribution in [0.5, 0.6) is 0 Å². The van der Waals surface area contributed by atoms with Gasteiger partial charge in [0.05, 0.1) is 5.56 Å². The molecule has 6 heteroatoms. The van der Waals surface area contributed by atoms with Crippen LogP contribution in [0.2, 0.25) is 0 Å². The number of nitrogens with one attached hydrogen (secondary N) is 1. The first-order valence-corrected chi connectivity index (χ1v) is 6.26. The molecule has 1 aromatic rings. The van der Waals surface area contributed by atoms with Crippen LogP contribution in [0.25, 0.3) is 0 Å². The molecule has 1 rings (SSSR count). The first-order chi connectivity index (χ1) is 8.88. The molecule has 1 atom stereocenters. The van der Waals surface area contributed by atoms with Crippen molar-refractivity contribution in [1.29, 1.82) is 0 Å². The van der Waals surface area contributed by atoms with Crippen molar-refractivity contribution >= 4 is 11.7 Å². The molecule has 0 spiro atoms. The number of aromatic nitrogens is 1. The molecule has 106 valence electrons. The van der Waals surface area contributed by atoms with Crippen molar-refractivity contribution in [2.45, 2.75) is 33.2 Å². The zero-order valence-corrected chi connectivity index (χ0v) is 11.8. The number of carbonyl (C=O) groups excluding carboxylic acids is 1. The minimum Gasteiger partial charge on any atom is -0.339 e. The minimum atomic E-state index is -0.724. The van der Waals surface area contributed by atoms with Crippen LogP contribution in [-0.4, -0.2) is 28.9 Å². The SMILES string of the molecule is CC(C)CC(C)N(C)C(=O)c1ccnc(NN)c1F. The standard InChI is InChI=1S/C13H21FN4O/c1-8(2)7-9(3)18(4)13(19)10-5-6-16-12(17-15)11(10)14/h5-6,8-9H,7,15H2,1-4H3,(H,16,17). The summed E-state index contributed by atoms with van der Waals surface area (Å²) in [6.45, 7) is 6.11. The number of hydrogen-bond acceptors (Lipinski definition) is 4. The van der Waals surface area contributed by atoms with E-state index >= 15 is 0 Å². The Balaban J connectivity index is 2.94. The summed E-state index contributed by atoms with van der Waals surface area (Å²) >= 11 is 0. The van der Waals surface area contributed by atoms with E-state index in [4.69, 9.17) is 5.84 Å². The van der Waals surface area contributed by atoms with Gasteiger partial charge < -0.3 is 10.3 Å². The van der Waals surface area contributed by atoms with E-state index in [2.05, 4.69) is 24.3 Å². The van der Waals surface area contributed by atoms with E-state index in [1.165, 1.54) is 12.3 Å². The van der Waals surface area contributed by atoms with Crippen molar-refractivity contribution in [2.24, 2.45) is 11.8 Å². The van der Waals surface area contributed by atoms with Crippen molar-refractivity contribution in [1.82, 2.24) is 9.88 Å². The molecule has 5 nitrogen and oxygen atoms in total. The van der Waals surface area contributed by atoms with Crippen molar-refractivity contribution < 1.29 is 9.18 Å². The summed E-state index contributed by atoms with van der Waals surface area (Å²) in [6.07, 6.45) is 2.21. The second-order valence-corrected chi connectivity index (χ2v) is 5.06. The number of pyridine rings is 1. The largest absolute Gasteiger partial charge is 0.339 e. The van der Waals surface area contributed by atoms with Gasteiger partial charge in [0.2, 0.25) is 0 Å². The van der Waals surface area contributed by atoms with Gasteiger partial charge in [0, 0.05) is 19.3 Å². The van der Waals surface area contributed by atoms with Crippen LogP contribution in [0.4, 0.5) is 10.2 Å². The summed E-state index contributed by atoms with van der Waals surface area (Å²) in [5.74, 6) is 4.39. The molecule has 0 saturated heterocycles. The van der Waals surface area contributed by atoms with Gasteiger partial charge in [0.15, 0.2) is 11.6 Å². The first kappa shape index (κ1) is 15.4. The maximum atomic E-state index is 14.0. The predicted molar refractivity (Wildman–Crippen MR) is 73.0 cm³/mol. The molecule has 1 aromatic heterocycles. The molecule has 1 unspecified atom stereocenters. The van der Waals surface area contributed by atoms with Crippen molar-refractivity contribution in [3.05, 3.63) is 23.6 Å². The molecule has 0 fully saturated rings. The van der Waals surface area contributed by atoms with Crippen LogP contribution in [0.3, 0.4) is 0 Å². The van der Waals surface area contributed by atoms with Crippen molar-refractivity contribution in [2.75, 3.05) is 12.5 Å². The summed E-state index contributed by atoms with van der Waals surface area (Å²) in [5.41, 5.74) is 2.11. The molecule has 0 aliphatic heterocycles. The Morgan fingerprint density at radius 3 is 2.68 bits per heavy atom. The molecule has 0 aromatic carbocycles. The fourth-order valence-electron chi connectivity index (χ4n) is 1.94. The zero-order chi connectivity index (χ0) is 14.6. The van der Waals surface area contributed by atoms with E-state index in [-0.39, 0.29) is 23.3 Å². The molecular weight excluding hydrogens is 247 g/mol. The summed E-state index contributed by atoms with van der Waals surface area (Å²) in [4.78, 5) is 17.5. The lowest BCUT2D eigenvalue weighted by atomic mass is 10.0. The van der Waals surface area contributed by atoms with Gasteiger partial charge in [-0.25, -0.2) is 15.2 Å². The average molecular weight is 268 g/mol. The summed E-state index contributed by atoms with van der Waals surface area (Å²) in [5, 5.41) is 0. The maximum Gasteiger partial charge on any atom is 0.257 e. The number of anilines is 1. The topological polar surface area (TPSA) is 71.2 Å². The van der Waals surface area contributed by atoms with E-state index in [9.17, 15) is 9.18 Å². The highest BCUT2D eigenvalue weighted by molar-refractivity contribution is 5.95. The summed E-state index contributed by atoms with van der Waals surface area (Å²) in [7, 11) is 1.67. The fraction of sp³-hybridized carbons (Fsp3) is 0.538. The van der Waals surface area contributed by atoms with Gasteiger partial charge in [-0.15, -0.1) is 0 Å². The Labute approximate surface area is 113 Å². The number of carbonyl (C=O) groups is 1. The number of nitrogens with two attached hydrogens (primary N) is 1. The lowest BCUT2D eigenvalue weighted by molar-refractivity contribution is 0.0723. The van der Waals surface area contributed by atoms with Gasteiger partial charge >= 0.3 is 0 Å². The third-order valence-corrected chi connectivity index (χ3v) is 3.05. The first-order valence-electron chi connectivity index (χ1n) is 6.26. The number of nitrogens with zero attached hydrogens (tertiary/aromatic N) is 2. The number of hydrazine groups is 1. The summed E-state index contributed by atoms with van der Waals surface area (Å²) < 4.78 is 14.0. The summed E-state index contributed by atoms with van der Waals surface area (Å²) in [6, 6.07) is 1.39. The normalized spacial score (nSPS) is 12.4. The Kier molecular flexibility index (Phi) is 5.23. The van der Waals surface area contributed by atoms with Gasteiger partial charge in [-0.05, 0) is 25.3 Å². The van der Waals surface area contributed by atoms with Crippen LogP contribution in [0, 0.1) is 11.7 Å². The smallest absolute Gasteiger partial charge is 0.257 e. The maximum absolute atomic E-state index is 14.0. The van der Waals surface area contributed by atoms with Crippen LogP contribution in [0.1, 0.15) is 37.6 Å². The monoisotopic (exact) mass is 268 g/mol. The van der Waals surface area contributed by atoms with E-state index < -0.39 is 5.82 Å². The lowest BCUT2D eigenvalue weighted by Crippen LogP contribution is -2.36. The lowest BCUT2D eigenvalue weighted by Gasteiger charge is -2.26. The molecular formula is C13H21FN4O. The zero-order valence-electron chi connectivity index (χ0n) is 11.8. The van der Waals surface area contributed by atoms with Crippen molar-refractivity contribution in [3.63, 3.8) is 0 Å². The van der Waals surface area contributed by atoms with Crippen LogP contribution >= 0.6 is 0 Å². The molecule has 0 aliphatic carbocycles. The Bertz CT molecular complexity index is 450. The van der Waals surface area contributed by atoms with Gasteiger partial charge in [-0.1, -0.05) is 13.8 Å². The van der Waals surface area contributed by atoms with Gasteiger partial charge in [0.1, 0.15) is 0 Å². The highest BCUT2D eigenvalue weighted by Crippen LogP contribution is 2.18. The Hall–Kier alpha value is -1.69. The van der Waals surface area contributed by atoms with E-state index in [1.54, 1.807) is 11.9 Å². The average Bonchev–Trinajstić information content (AvgIpc) is 2.36.